The maximum absolute atomic E-state index is 5.33. The highest BCUT2D eigenvalue weighted by Gasteiger charge is 2.20. The third kappa shape index (κ3) is 12.8. The lowest BCUT2D eigenvalue weighted by atomic mass is 10.0. The van der Waals surface area contributed by atoms with Crippen molar-refractivity contribution in [3.63, 3.8) is 0 Å². The normalized spacial score (nSPS) is 11.0. The summed E-state index contributed by atoms with van der Waals surface area (Å²) in [5.74, 6) is 5.46. The monoisotopic (exact) mass is 1210 g/mol. The Bertz CT molecular complexity index is 4680. The number of aromatic nitrogens is 9. The summed E-state index contributed by atoms with van der Waals surface area (Å²) in [6, 6.07) is 72.7. The standard InChI is InChI=1S/C26H24N4O.2C25H22N4O.CH4/c1-17-9-14-23-28-25(26(30(23)16-17)27-15-20-7-5-4-6-8-20)22-12-10-21(11-13-22)24-18(2)29-31-19(24)3;2*1-17-23(18(2)30-28-17)20-11-13-21(14-12-20)24-25(26-16-19-8-4-3-5-9-19)29-15-7-6-10-22(29)27-24;/h4-14,16,27H,15H2,1-3H3;2*3-15,26H,16H2,1-2H3;1H4. The highest BCUT2D eigenvalue weighted by molar-refractivity contribution is 5.82. The Hall–Kier alpha value is -11.6. The zero-order valence-corrected chi connectivity index (χ0v) is 51.8. The molecule has 15 aromatic rings. The topological polar surface area (TPSA) is 166 Å². The molecule has 15 rings (SSSR count). The van der Waals surface area contributed by atoms with Crippen LogP contribution in [-0.4, -0.2) is 43.6 Å². The molecule has 0 saturated heterocycles. The Morgan fingerprint density at radius 1 is 0.315 bits per heavy atom. The average molecular weight is 1210 g/mol. The van der Waals surface area contributed by atoms with E-state index in [1.54, 1.807) is 0 Å². The molecule has 0 atom stereocenters. The van der Waals surface area contributed by atoms with Gasteiger partial charge in [0.15, 0.2) is 0 Å². The number of nitrogens with one attached hydrogen (secondary N) is 3. The van der Waals surface area contributed by atoms with Gasteiger partial charge in [0.25, 0.3) is 0 Å². The number of pyridine rings is 3. The van der Waals surface area contributed by atoms with Crippen LogP contribution in [0.2, 0.25) is 0 Å². The summed E-state index contributed by atoms with van der Waals surface area (Å²) in [6.45, 7) is 16.0. The van der Waals surface area contributed by atoms with Gasteiger partial charge in [-0.15, -0.1) is 0 Å². The predicted octanol–water partition coefficient (Wildman–Crippen LogP) is 18.6. The Labute approximate surface area is 535 Å². The van der Waals surface area contributed by atoms with Crippen LogP contribution in [0.3, 0.4) is 0 Å². The van der Waals surface area contributed by atoms with E-state index in [2.05, 4.69) is 215 Å². The summed E-state index contributed by atoms with van der Waals surface area (Å²) >= 11 is 0. The predicted molar refractivity (Wildman–Crippen MR) is 370 cm³/mol. The minimum atomic E-state index is 0. The van der Waals surface area contributed by atoms with Crippen molar-refractivity contribution < 1.29 is 13.6 Å². The minimum Gasteiger partial charge on any atom is -0.365 e. The Morgan fingerprint density at radius 3 is 0.924 bits per heavy atom. The third-order valence-corrected chi connectivity index (χ3v) is 16.2. The summed E-state index contributed by atoms with van der Waals surface area (Å²) in [7, 11) is 0. The van der Waals surface area contributed by atoms with Crippen LogP contribution in [-0.2, 0) is 19.6 Å². The van der Waals surface area contributed by atoms with Gasteiger partial charge in [-0.05, 0) is 118 Å². The third-order valence-electron chi connectivity index (χ3n) is 16.2. The van der Waals surface area contributed by atoms with Crippen LogP contribution in [0.4, 0.5) is 17.5 Å². The number of anilines is 3. The largest absolute Gasteiger partial charge is 0.365 e. The van der Waals surface area contributed by atoms with Gasteiger partial charge in [0, 0.05) is 71.6 Å². The van der Waals surface area contributed by atoms with Gasteiger partial charge in [0.2, 0.25) is 0 Å². The van der Waals surface area contributed by atoms with Crippen LogP contribution < -0.4 is 16.0 Å². The smallest absolute Gasteiger partial charge is 0.141 e. The second-order valence-corrected chi connectivity index (χ2v) is 22.6. The fourth-order valence-electron chi connectivity index (χ4n) is 11.7. The molecule has 9 heterocycles. The Kier molecular flexibility index (Phi) is 17.8. The molecule has 15 heteroatoms. The number of aryl methyl sites for hydroxylation is 7. The molecule has 3 N–H and O–H groups in total. The SMILES string of the molecule is C.Cc1ccc2nc(-c3ccc(-c4c(C)noc4C)cc3)c(NCc3ccccc3)n2c1.Cc1noc(C)c1-c1ccc(-c2nc3ccccn3c2NCc2ccccc2)cc1.Cc1noc(C)c1-c1ccc(-c2nc3ccccn3c2NCc2ccccc2)cc1. The van der Waals surface area contributed by atoms with Crippen LogP contribution in [0, 0.1) is 48.5 Å². The van der Waals surface area contributed by atoms with Gasteiger partial charge in [0.1, 0.15) is 68.8 Å². The molecule has 0 aliphatic carbocycles. The van der Waals surface area contributed by atoms with Gasteiger partial charge >= 0.3 is 0 Å². The van der Waals surface area contributed by atoms with E-state index in [1.807, 2.05) is 109 Å². The molecule has 458 valence electrons. The summed E-state index contributed by atoms with van der Waals surface area (Å²) in [5, 5.41) is 23.0. The lowest BCUT2D eigenvalue weighted by molar-refractivity contribution is 0.393. The first kappa shape index (κ1) is 60.7. The highest BCUT2D eigenvalue weighted by Crippen LogP contribution is 2.37. The first-order valence-corrected chi connectivity index (χ1v) is 30.4. The van der Waals surface area contributed by atoms with Gasteiger partial charge in [-0.1, -0.05) is 205 Å². The van der Waals surface area contributed by atoms with Crippen molar-refractivity contribution >= 4 is 34.4 Å². The first-order valence-electron chi connectivity index (χ1n) is 30.4. The molecule has 15 nitrogen and oxygen atoms in total. The minimum absolute atomic E-state index is 0. The van der Waals surface area contributed by atoms with Gasteiger partial charge in [-0.2, -0.15) is 0 Å². The molecule has 0 amide bonds. The molecule has 0 aliphatic rings. The molecule has 0 saturated carbocycles. The molecule has 0 unspecified atom stereocenters. The number of rotatable bonds is 15. The molecule has 9 aromatic heterocycles. The van der Waals surface area contributed by atoms with Crippen molar-refractivity contribution in [2.45, 2.75) is 75.5 Å². The van der Waals surface area contributed by atoms with E-state index >= 15 is 0 Å². The Morgan fingerprint density at radius 2 is 0.609 bits per heavy atom. The first-order chi connectivity index (χ1) is 44.5. The molecule has 0 spiro atoms. The van der Waals surface area contributed by atoms with E-state index in [0.29, 0.717) is 0 Å². The molecular weight excluding hydrogens is 1140 g/mol. The van der Waals surface area contributed by atoms with Crippen molar-refractivity contribution in [2.75, 3.05) is 16.0 Å². The van der Waals surface area contributed by atoms with Crippen LogP contribution in [0.15, 0.2) is 244 Å². The fraction of sp³-hybridized carbons (Fsp3) is 0.143. The summed E-state index contributed by atoms with van der Waals surface area (Å²) in [4.78, 5) is 14.7. The summed E-state index contributed by atoms with van der Waals surface area (Å²) in [6.07, 6.45) is 6.20. The molecular formula is C77H72N12O3. The van der Waals surface area contributed by atoms with Crippen molar-refractivity contribution in [2.24, 2.45) is 0 Å². The lowest BCUT2D eigenvalue weighted by Gasteiger charge is -2.10. The number of hydrogen-bond donors (Lipinski definition) is 3. The number of nitrogens with zero attached hydrogens (tertiary/aromatic N) is 9. The zero-order chi connectivity index (χ0) is 62.4. The van der Waals surface area contributed by atoms with Crippen LogP contribution in [0.1, 0.15) is 64.0 Å². The molecule has 0 fully saturated rings. The van der Waals surface area contributed by atoms with Gasteiger partial charge in [-0.25, -0.2) is 15.0 Å². The summed E-state index contributed by atoms with van der Waals surface area (Å²) < 4.78 is 22.3. The van der Waals surface area contributed by atoms with E-state index in [4.69, 9.17) is 28.5 Å². The van der Waals surface area contributed by atoms with Crippen molar-refractivity contribution in [3.8, 4) is 67.2 Å². The van der Waals surface area contributed by atoms with Crippen molar-refractivity contribution in [1.29, 1.82) is 0 Å². The average Bonchev–Trinajstić information content (AvgIpc) is 1.74. The fourth-order valence-corrected chi connectivity index (χ4v) is 11.7. The van der Waals surface area contributed by atoms with Gasteiger partial charge in [-0.3, -0.25) is 13.2 Å². The van der Waals surface area contributed by atoms with Crippen LogP contribution >= 0.6 is 0 Å². The second kappa shape index (κ2) is 27.0. The number of benzene rings is 6. The summed E-state index contributed by atoms with van der Waals surface area (Å²) in [5.41, 5.74) is 22.8. The maximum atomic E-state index is 5.33. The zero-order valence-electron chi connectivity index (χ0n) is 51.8. The van der Waals surface area contributed by atoms with Gasteiger partial charge < -0.3 is 29.5 Å². The van der Waals surface area contributed by atoms with Crippen molar-refractivity contribution in [1.82, 2.24) is 43.6 Å². The number of fused-ring (bicyclic) bond motifs is 3. The lowest BCUT2D eigenvalue weighted by Crippen LogP contribution is -2.03. The quantitative estimate of drug-likeness (QED) is 0.0891. The number of imidazole rings is 3. The van der Waals surface area contributed by atoms with Gasteiger partial charge in [0.05, 0.1) is 17.1 Å². The molecule has 0 radical (unpaired) electrons. The van der Waals surface area contributed by atoms with E-state index in [-0.39, 0.29) is 7.43 Å². The molecule has 0 aliphatic heterocycles. The van der Waals surface area contributed by atoms with E-state index in [9.17, 15) is 0 Å². The van der Waals surface area contributed by atoms with E-state index in [1.165, 1.54) is 22.3 Å². The maximum Gasteiger partial charge on any atom is 0.141 e. The van der Waals surface area contributed by atoms with Crippen LogP contribution in [0.25, 0.3) is 84.1 Å². The molecule has 92 heavy (non-hydrogen) atoms. The molecule has 6 aromatic carbocycles. The highest BCUT2D eigenvalue weighted by atomic mass is 16.5. The second-order valence-electron chi connectivity index (χ2n) is 22.6. The van der Waals surface area contributed by atoms with Crippen molar-refractivity contribution in [3.05, 3.63) is 288 Å². The number of hydrogen-bond acceptors (Lipinski definition) is 12. The van der Waals surface area contributed by atoms with E-state index in [0.717, 1.165) is 156 Å². The molecule has 0 bridgehead atoms. The van der Waals surface area contributed by atoms with Crippen LogP contribution in [0.5, 0.6) is 0 Å². The van der Waals surface area contributed by atoms with E-state index < -0.39 is 0 Å². The Balaban J connectivity index is 0.000000132.